The van der Waals surface area contributed by atoms with Crippen molar-refractivity contribution < 1.29 is 9.59 Å². The highest BCUT2D eigenvalue weighted by molar-refractivity contribution is 6.30. The summed E-state index contributed by atoms with van der Waals surface area (Å²) in [7, 11) is 0. The Labute approximate surface area is 145 Å². The number of hydrogen-bond acceptors (Lipinski definition) is 3. The average molecular weight is 344 g/mol. The molecule has 1 aromatic heterocycles. The minimum Gasteiger partial charge on any atom is -0.349 e. The molecule has 0 atom stereocenters. The van der Waals surface area contributed by atoms with Crippen molar-refractivity contribution in [1.29, 1.82) is 0 Å². The van der Waals surface area contributed by atoms with Crippen LogP contribution < -0.4 is 10.6 Å². The Morgan fingerprint density at radius 2 is 1.75 bits per heavy atom. The lowest BCUT2D eigenvalue weighted by Gasteiger charge is -2.12. The van der Waals surface area contributed by atoms with Crippen LogP contribution in [0.1, 0.15) is 46.5 Å². The fourth-order valence-electron chi connectivity index (χ4n) is 2.77. The number of halogens is 1. The summed E-state index contributed by atoms with van der Waals surface area (Å²) in [5.74, 6) is -0.419. The topological polar surface area (TPSA) is 71.1 Å². The lowest BCUT2D eigenvalue weighted by atomic mass is 10.1. The maximum Gasteiger partial charge on any atom is 0.274 e. The van der Waals surface area contributed by atoms with E-state index in [1.807, 2.05) is 0 Å². The van der Waals surface area contributed by atoms with Crippen molar-refractivity contribution in [2.75, 3.05) is 5.32 Å². The number of pyridine rings is 1. The quantitative estimate of drug-likeness (QED) is 0.890. The summed E-state index contributed by atoms with van der Waals surface area (Å²) in [5, 5.41) is 6.22. The van der Waals surface area contributed by atoms with Crippen LogP contribution in [0.4, 0.5) is 5.69 Å². The third-order valence-corrected chi connectivity index (χ3v) is 4.29. The molecule has 6 heteroatoms. The zero-order valence-electron chi connectivity index (χ0n) is 13.1. The summed E-state index contributed by atoms with van der Waals surface area (Å²) >= 11 is 5.85. The lowest BCUT2D eigenvalue weighted by Crippen LogP contribution is -2.32. The van der Waals surface area contributed by atoms with Crippen LogP contribution in [0, 0.1) is 0 Å². The number of rotatable bonds is 4. The van der Waals surface area contributed by atoms with Gasteiger partial charge in [-0.3, -0.25) is 14.6 Å². The van der Waals surface area contributed by atoms with Crippen molar-refractivity contribution in [1.82, 2.24) is 10.3 Å². The number of carbonyl (C=O) groups excluding carboxylic acids is 2. The maximum atomic E-state index is 12.2. The monoisotopic (exact) mass is 343 g/mol. The first-order valence-electron chi connectivity index (χ1n) is 7.95. The average Bonchev–Trinajstić information content (AvgIpc) is 3.08. The Morgan fingerprint density at radius 3 is 2.42 bits per heavy atom. The minimum atomic E-state index is -0.347. The van der Waals surface area contributed by atoms with Crippen molar-refractivity contribution >= 4 is 29.1 Å². The predicted molar refractivity (Wildman–Crippen MR) is 93.4 cm³/mol. The number of nitrogens with zero attached hydrogens (tertiary/aromatic N) is 1. The highest BCUT2D eigenvalue weighted by Crippen LogP contribution is 2.18. The molecule has 0 aliphatic heterocycles. The summed E-state index contributed by atoms with van der Waals surface area (Å²) in [6.07, 6.45) is 5.92. The molecule has 0 bridgehead atoms. The molecule has 3 rings (SSSR count). The number of carbonyl (C=O) groups is 2. The molecule has 0 radical (unpaired) electrons. The smallest absolute Gasteiger partial charge is 0.274 e. The van der Waals surface area contributed by atoms with Gasteiger partial charge in [-0.05, 0) is 49.2 Å². The molecule has 2 aromatic rings. The first-order valence-corrected chi connectivity index (χ1v) is 8.33. The molecule has 1 aliphatic carbocycles. The Kier molecular flexibility index (Phi) is 5.11. The number of hydrogen-bond donors (Lipinski definition) is 2. The predicted octanol–water partition coefficient (Wildman–Crippen LogP) is 3.66. The highest BCUT2D eigenvalue weighted by atomic mass is 35.5. The van der Waals surface area contributed by atoms with Gasteiger partial charge in [-0.25, -0.2) is 0 Å². The van der Waals surface area contributed by atoms with Gasteiger partial charge in [-0.15, -0.1) is 0 Å². The molecule has 1 saturated carbocycles. The largest absolute Gasteiger partial charge is 0.349 e. The van der Waals surface area contributed by atoms with Crippen molar-refractivity contribution in [3.8, 4) is 0 Å². The Hall–Kier alpha value is -2.40. The SMILES string of the molecule is O=C(NC1CCCC1)c1ccc(NC(=O)c2cc(Cl)ccn2)cc1. The summed E-state index contributed by atoms with van der Waals surface area (Å²) < 4.78 is 0. The zero-order chi connectivity index (χ0) is 16.9. The third kappa shape index (κ3) is 4.11. The van der Waals surface area contributed by atoms with Gasteiger partial charge in [-0.1, -0.05) is 24.4 Å². The van der Waals surface area contributed by atoms with Gasteiger partial charge in [0.25, 0.3) is 11.8 Å². The highest BCUT2D eigenvalue weighted by Gasteiger charge is 2.18. The normalized spacial score (nSPS) is 14.4. The number of aromatic nitrogens is 1. The molecular formula is C18H18ClN3O2. The Bertz CT molecular complexity index is 740. The molecule has 1 aromatic carbocycles. The van der Waals surface area contributed by atoms with Crippen LogP contribution in [0.25, 0.3) is 0 Å². The summed E-state index contributed by atoms with van der Waals surface area (Å²) in [6, 6.07) is 10.2. The van der Waals surface area contributed by atoms with Crippen LogP contribution in [0.3, 0.4) is 0 Å². The van der Waals surface area contributed by atoms with E-state index in [4.69, 9.17) is 11.6 Å². The standard InChI is InChI=1S/C18H18ClN3O2/c19-13-9-10-20-16(11-13)18(24)22-15-7-5-12(6-8-15)17(23)21-14-3-1-2-4-14/h5-11,14H,1-4H2,(H,21,23)(H,22,24). The fourth-order valence-corrected chi connectivity index (χ4v) is 2.93. The van der Waals surface area contributed by atoms with E-state index in [2.05, 4.69) is 15.6 Å². The molecule has 124 valence electrons. The van der Waals surface area contributed by atoms with Crippen molar-refractivity contribution in [2.45, 2.75) is 31.7 Å². The maximum absolute atomic E-state index is 12.2. The van der Waals surface area contributed by atoms with Crippen LogP contribution in [0.15, 0.2) is 42.6 Å². The second-order valence-electron chi connectivity index (χ2n) is 5.85. The molecule has 0 unspecified atom stereocenters. The molecule has 1 aliphatic rings. The number of nitrogens with one attached hydrogen (secondary N) is 2. The van der Waals surface area contributed by atoms with Crippen molar-refractivity contribution in [3.63, 3.8) is 0 Å². The van der Waals surface area contributed by atoms with Crippen molar-refractivity contribution in [3.05, 3.63) is 58.9 Å². The van der Waals surface area contributed by atoms with Crippen LogP contribution >= 0.6 is 11.6 Å². The van der Waals surface area contributed by atoms with Crippen LogP contribution in [-0.4, -0.2) is 22.8 Å². The van der Waals surface area contributed by atoms with Gasteiger partial charge in [0, 0.05) is 28.5 Å². The number of anilines is 1. The number of benzene rings is 1. The van der Waals surface area contributed by atoms with Gasteiger partial charge < -0.3 is 10.6 Å². The van der Waals surface area contributed by atoms with Gasteiger partial charge in [0.1, 0.15) is 5.69 Å². The van der Waals surface area contributed by atoms with E-state index in [1.54, 1.807) is 30.3 Å². The fraction of sp³-hybridized carbons (Fsp3) is 0.278. The first-order chi connectivity index (χ1) is 11.6. The summed E-state index contributed by atoms with van der Waals surface area (Å²) in [6.45, 7) is 0. The third-order valence-electron chi connectivity index (χ3n) is 4.05. The molecule has 0 spiro atoms. The van der Waals surface area contributed by atoms with Gasteiger partial charge in [0.15, 0.2) is 0 Å². The zero-order valence-corrected chi connectivity index (χ0v) is 13.8. The van der Waals surface area contributed by atoms with E-state index in [0.717, 1.165) is 12.8 Å². The van der Waals surface area contributed by atoms with Gasteiger partial charge in [-0.2, -0.15) is 0 Å². The second kappa shape index (κ2) is 7.45. The minimum absolute atomic E-state index is 0.0729. The van der Waals surface area contributed by atoms with E-state index >= 15 is 0 Å². The van der Waals surface area contributed by atoms with Gasteiger partial charge in [0.2, 0.25) is 0 Å². The van der Waals surface area contributed by atoms with Gasteiger partial charge in [0.05, 0.1) is 0 Å². The molecule has 24 heavy (non-hydrogen) atoms. The molecule has 2 N–H and O–H groups in total. The molecule has 1 heterocycles. The van der Waals surface area contributed by atoms with E-state index in [-0.39, 0.29) is 23.6 Å². The van der Waals surface area contributed by atoms with Gasteiger partial charge >= 0.3 is 0 Å². The van der Waals surface area contributed by atoms with Crippen molar-refractivity contribution in [2.24, 2.45) is 0 Å². The Balaban J connectivity index is 1.61. The number of amides is 2. The van der Waals surface area contributed by atoms with E-state index in [9.17, 15) is 9.59 Å². The van der Waals surface area contributed by atoms with Crippen LogP contribution in [0.5, 0.6) is 0 Å². The van der Waals surface area contributed by atoms with E-state index in [0.29, 0.717) is 16.3 Å². The van der Waals surface area contributed by atoms with E-state index < -0.39 is 0 Å². The summed E-state index contributed by atoms with van der Waals surface area (Å²) in [5.41, 5.74) is 1.42. The molecular weight excluding hydrogens is 326 g/mol. The van der Waals surface area contributed by atoms with Crippen LogP contribution in [-0.2, 0) is 0 Å². The molecule has 2 amide bonds. The van der Waals surface area contributed by atoms with Crippen LogP contribution in [0.2, 0.25) is 5.02 Å². The molecule has 0 saturated heterocycles. The Morgan fingerprint density at radius 1 is 1.04 bits per heavy atom. The lowest BCUT2D eigenvalue weighted by molar-refractivity contribution is 0.0937. The first kappa shape index (κ1) is 16.5. The molecule has 1 fully saturated rings. The van der Waals surface area contributed by atoms with E-state index in [1.165, 1.54) is 25.1 Å². The summed E-state index contributed by atoms with van der Waals surface area (Å²) in [4.78, 5) is 28.3. The molecule has 5 nitrogen and oxygen atoms in total. The second-order valence-corrected chi connectivity index (χ2v) is 6.28.